The summed E-state index contributed by atoms with van der Waals surface area (Å²) >= 11 is 0. The molecule has 0 bridgehead atoms. The molecule has 1 N–H and O–H groups in total. The van der Waals surface area contributed by atoms with Gasteiger partial charge in [0.25, 0.3) is 0 Å². The molecule has 3 heteroatoms. The fourth-order valence-electron chi connectivity index (χ4n) is 3.06. The van der Waals surface area contributed by atoms with Crippen LogP contribution in [0.3, 0.4) is 0 Å². The zero-order valence-corrected chi connectivity index (χ0v) is 11.8. The van der Waals surface area contributed by atoms with Gasteiger partial charge in [0.2, 0.25) is 0 Å². The highest BCUT2D eigenvalue weighted by molar-refractivity contribution is 5.69. The maximum atomic E-state index is 11.9. The summed E-state index contributed by atoms with van der Waals surface area (Å²) in [5, 5.41) is 3.35. The highest BCUT2D eigenvalue weighted by atomic mass is 16.5. The van der Waals surface area contributed by atoms with Crippen LogP contribution < -0.4 is 5.32 Å². The van der Waals surface area contributed by atoms with E-state index in [4.69, 9.17) is 4.74 Å². The van der Waals surface area contributed by atoms with Gasteiger partial charge in [0.15, 0.2) is 0 Å². The monoisotopic (exact) mass is 253 g/mol. The van der Waals surface area contributed by atoms with E-state index >= 15 is 0 Å². The summed E-state index contributed by atoms with van der Waals surface area (Å²) in [5.74, 6) is 0.514. The van der Waals surface area contributed by atoms with E-state index in [1.165, 1.54) is 25.7 Å². The predicted molar refractivity (Wildman–Crippen MR) is 72.3 cm³/mol. The van der Waals surface area contributed by atoms with Gasteiger partial charge in [-0.15, -0.1) is 0 Å². The first-order chi connectivity index (χ1) is 8.55. The minimum absolute atomic E-state index is 0.0217. The van der Waals surface area contributed by atoms with Crippen LogP contribution in [-0.4, -0.2) is 25.2 Å². The molecule has 1 unspecified atom stereocenters. The lowest BCUT2D eigenvalue weighted by Crippen LogP contribution is -2.33. The average molecular weight is 253 g/mol. The van der Waals surface area contributed by atoms with E-state index in [9.17, 15) is 4.79 Å². The van der Waals surface area contributed by atoms with Crippen LogP contribution in [0.5, 0.6) is 0 Å². The molecular weight excluding hydrogens is 226 g/mol. The van der Waals surface area contributed by atoms with Crippen molar-refractivity contribution in [2.75, 3.05) is 13.1 Å². The second-order valence-corrected chi connectivity index (χ2v) is 6.77. The van der Waals surface area contributed by atoms with E-state index in [0.717, 1.165) is 25.9 Å². The minimum Gasteiger partial charge on any atom is -0.462 e. The Kier molecular flexibility index (Phi) is 4.66. The lowest BCUT2D eigenvalue weighted by Gasteiger charge is -2.34. The Bertz CT molecular complexity index is 272. The largest absolute Gasteiger partial charge is 0.462 e. The van der Waals surface area contributed by atoms with Crippen LogP contribution in [0.1, 0.15) is 58.8 Å². The molecule has 1 saturated carbocycles. The van der Waals surface area contributed by atoms with Gasteiger partial charge in [-0.3, -0.25) is 4.79 Å². The molecule has 1 heterocycles. The molecule has 1 aliphatic heterocycles. The van der Waals surface area contributed by atoms with E-state index < -0.39 is 0 Å². The van der Waals surface area contributed by atoms with Crippen LogP contribution in [0.25, 0.3) is 0 Å². The molecule has 0 radical (unpaired) electrons. The number of hydrogen-bond donors (Lipinski definition) is 1. The summed E-state index contributed by atoms with van der Waals surface area (Å²) in [6, 6.07) is 0. The molecule has 18 heavy (non-hydrogen) atoms. The van der Waals surface area contributed by atoms with Gasteiger partial charge in [-0.05, 0) is 62.9 Å². The highest BCUT2D eigenvalue weighted by Gasteiger charge is 2.29. The number of hydrogen-bond acceptors (Lipinski definition) is 3. The molecule has 0 aromatic carbocycles. The third kappa shape index (κ3) is 4.27. The molecule has 0 spiro atoms. The van der Waals surface area contributed by atoms with Crippen LogP contribution in [0.2, 0.25) is 0 Å². The van der Waals surface area contributed by atoms with Crippen molar-refractivity contribution in [3.63, 3.8) is 0 Å². The van der Waals surface area contributed by atoms with Crippen molar-refractivity contribution in [2.24, 2.45) is 11.3 Å². The lowest BCUT2D eigenvalue weighted by molar-refractivity contribution is -0.152. The number of esters is 1. The highest BCUT2D eigenvalue weighted by Crippen LogP contribution is 2.36. The van der Waals surface area contributed by atoms with Gasteiger partial charge in [0.05, 0.1) is 0 Å². The maximum absolute atomic E-state index is 11.9. The smallest absolute Gasteiger partial charge is 0.306 e. The minimum atomic E-state index is 0.0217. The predicted octanol–water partition coefficient (Wildman–Crippen LogP) is 2.89. The third-order valence-corrected chi connectivity index (χ3v) is 4.44. The Morgan fingerprint density at radius 3 is 2.61 bits per heavy atom. The van der Waals surface area contributed by atoms with Crippen LogP contribution in [0.4, 0.5) is 0 Å². The van der Waals surface area contributed by atoms with E-state index in [0.29, 0.717) is 17.8 Å². The van der Waals surface area contributed by atoms with E-state index in [1.54, 1.807) is 0 Å². The number of ether oxygens (including phenoxy) is 1. The average Bonchev–Trinajstić information content (AvgIpc) is 2.33. The zero-order chi connectivity index (χ0) is 13.0. The molecule has 2 aliphatic rings. The van der Waals surface area contributed by atoms with Crippen LogP contribution in [0, 0.1) is 11.3 Å². The van der Waals surface area contributed by atoms with Gasteiger partial charge < -0.3 is 10.1 Å². The summed E-state index contributed by atoms with van der Waals surface area (Å²) in [6.45, 7) is 6.69. The summed E-state index contributed by atoms with van der Waals surface area (Å²) in [6.07, 6.45) is 7.58. The normalized spacial score (nSPS) is 28.9. The van der Waals surface area contributed by atoms with E-state index in [2.05, 4.69) is 19.2 Å². The van der Waals surface area contributed by atoms with Crippen molar-refractivity contribution in [3.8, 4) is 0 Å². The second kappa shape index (κ2) is 6.05. The quantitative estimate of drug-likeness (QED) is 0.786. The number of piperidine rings is 1. The van der Waals surface area contributed by atoms with Gasteiger partial charge in [0, 0.05) is 6.42 Å². The maximum Gasteiger partial charge on any atom is 0.306 e. The molecule has 0 aromatic heterocycles. The molecule has 1 aliphatic carbocycles. The number of nitrogens with one attached hydrogen (secondary N) is 1. The fourth-order valence-corrected chi connectivity index (χ4v) is 3.06. The first-order valence-corrected chi connectivity index (χ1v) is 7.45. The third-order valence-electron chi connectivity index (χ3n) is 4.44. The number of rotatable bonds is 3. The molecule has 0 aromatic rings. The SMILES string of the molecule is CC1(C)CCC(OC(=O)CC2CCCNC2)CC1. The Morgan fingerprint density at radius 1 is 1.28 bits per heavy atom. The van der Waals surface area contributed by atoms with Crippen LogP contribution in [0.15, 0.2) is 0 Å². The van der Waals surface area contributed by atoms with E-state index in [1.807, 2.05) is 0 Å². The number of carbonyl (C=O) groups excluding carboxylic acids is 1. The molecule has 3 nitrogen and oxygen atoms in total. The Labute approximate surface area is 111 Å². The lowest BCUT2D eigenvalue weighted by atomic mass is 9.76. The van der Waals surface area contributed by atoms with Gasteiger partial charge in [-0.25, -0.2) is 0 Å². The standard InChI is InChI=1S/C15H27NO2/c1-15(2)7-5-13(6-8-15)18-14(17)10-12-4-3-9-16-11-12/h12-13,16H,3-11H2,1-2H3. The van der Waals surface area contributed by atoms with Crippen LogP contribution in [-0.2, 0) is 9.53 Å². The van der Waals surface area contributed by atoms with Gasteiger partial charge in [0.1, 0.15) is 6.10 Å². The summed E-state index contributed by atoms with van der Waals surface area (Å²) in [7, 11) is 0. The van der Waals surface area contributed by atoms with Gasteiger partial charge >= 0.3 is 5.97 Å². The van der Waals surface area contributed by atoms with Crippen molar-refractivity contribution >= 4 is 5.97 Å². The van der Waals surface area contributed by atoms with Crippen molar-refractivity contribution in [1.29, 1.82) is 0 Å². The topological polar surface area (TPSA) is 38.3 Å². The van der Waals surface area contributed by atoms with Crippen LogP contribution >= 0.6 is 0 Å². The first-order valence-electron chi connectivity index (χ1n) is 7.45. The molecule has 1 saturated heterocycles. The summed E-state index contributed by atoms with van der Waals surface area (Å²) in [5.41, 5.74) is 0.441. The van der Waals surface area contributed by atoms with Crippen molar-refractivity contribution in [3.05, 3.63) is 0 Å². The summed E-state index contributed by atoms with van der Waals surface area (Å²) < 4.78 is 5.62. The van der Waals surface area contributed by atoms with E-state index in [-0.39, 0.29) is 12.1 Å². The van der Waals surface area contributed by atoms with Gasteiger partial charge in [-0.2, -0.15) is 0 Å². The Morgan fingerprint density at radius 2 is 2.00 bits per heavy atom. The second-order valence-electron chi connectivity index (χ2n) is 6.77. The molecule has 1 atom stereocenters. The molecule has 0 amide bonds. The fraction of sp³-hybridized carbons (Fsp3) is 0.933. The molecule has 104 valence electrons. The van der Waals surface area contributed by atoms with Crippen molar-refractivity contribution in [1.82, 2.24) is 5.32 Å². The molecular formula is C15H27NO2. The first kappa shape index (κ1) is 13.9. The molecule has 2 fully saturated rings. The zero-order valence-electron chi connectivity index (χ0n) is 11.8. The molecule has 2 rings (SSSR count). The Balaban J connectivity index is 1.68. The summed E-state index contributed by atoms with van der Waals surface area (Å²) in [4.78, 5) is 11.9. The number of carbonyl (C=O) groups is 1. The van der Waals surface area contributed by atoms with Crippen molar-refractivity contribution < 1.29 is 9.53 Å². The Hall–Kier alpha value is -0.570. The van der Waals surface area contributed by atoms with Gasteiger partial charge in [-0.1, -0.05) is 13.8 Å². The van der Waals surface area contributed by atoms with Crippen molar-refractivity contribution in [2.45, 2.75) is 64.9 Å².